The molecule has 1 amide bonds. The minimum Gasteiger partial charge on any atom is -0.505 e. The molecule has 0 fully saturated rings. The average Bonchev–Trinajstić information content (AvgIpc) is 3.06. The summed E-state index contributed by atoms with van der Waals surface area (Å²) in [6.07, 6.45) is 3.31. The van der Waals surface area contributed by atoms with E-state index in [1.54, 1.807) is 16.6 Å². The maximum atomic E-state index is 12.2. The summed E-state index contributed by atoms with van der Waals surface area (Å²) >= 11 is 12.4. The lowest BCUT2D eigenvalue weighted by Crippen LogP contribution is -2.14. The van der Waals surface area contributed by atoms with Crippen molar-refractivity contribution in [1.82, 2.24) is 9.61 Å². The number of primary amides is 1. The molecule has 3 heterocycles. The fourth-order valence-electron chi connectivity index (χ4n) is 3.87. The van der Waals surface area contributed by atoms with Gasteiger partial charge in [-0.25, -0.2) is 4.52 Å². The number of halogens is 2. The summed E-state index contributed by atoms with van der Waals surface area (Å²) < 4.78 is 1.72. The zero-order valence-corrected chi connectivity index (χ0v) is 16.4. The second-order valence-corrected chi connectivity index (χ2v) is 7.63. The number of anilines is 1. The van der Waals surface area contributed by atoms with Crippen LogP contribution in [0.2, 0.25) is 10.0 Å². The summed E-state index contributed by atoms with van der Waals surface area (Å²) in [4.78, 5) is 12.2. The van der Waals surface area contributed by atoms with Gasteiger partial charge >= 0.3 is 0 Å². The van der Waals surface area contributed by atoms with Crippen LogP contribution >= 0.6 is 23.2 Å². The Morgan fingerprint density at radius 2 is 1.90 bits per heavy atom. The van der Waals surface area contributed by atoms with Gasteiger partial charge in [-0.05, 0) is 29.8 Å². The number of rotatable bonds is 2. The van der Waals surface area contributed by atoms with E-state index in [-0.39, 0.29) is 21.8 Å². The quantitative estimate of drug-likeness (QED) is 0.437. The van der Waals surface area contributed by atoms with E-state index in [0.29, 0.717) is 11.1 Å². The number of benzene rings is 2. The number of nitrogens with two attached hydrogens (primary N) is 1. The van der Waals surface area contributed by atoms with Gasteiger partial charge in [0.1, 0.15) is 0 Å². The van der Waals surface area contributed by atoms with Gasteiger partial charge in [-0.1, -0.05) is 41.4 Å². The summed E-state index contributed by atoms with van der Waals surface area (Å²) in [7, 11) is 0. The SMILES string of the molecule is NC(=O)c1cnn2ccc3c2c1-c1ccccc1NC3c1cc(Cl)c(O)c(Cl)c1. The normalized spacial score (nSPS) is 14.9. The predicted molar refractivity (Wildman–Crippen MR) is 113 cm³/mol. The maximum absolute atomic E-state index is 12.2. The number of nitrogens with one attached hydrogen (secondary N) is 1. The highest BCUT2D eigenvalue weighted by atomic mass is 35.5. The van der Waals surface area contributed by atoms with Crippen molar-refractivity contribution < 1.29 is 9.90 Å². The molecule has 0 saturated carbocycles. The fraction of sp³-hybridized carbons (Fsp3) is 0.0476. The Morgan fingerprint density at radius 3 is 2.62 bits per heavy atom. The van der Waals surface area contributed by atoms with E-state index in [2.05, 4.69) is 10.4 Å². The van der Waals surface area contributed by atoms with Crippen molar-refractivity contribution in [2.24, 2.45) is 5.73 Å². The van der Waals surface area contributed by atoms with Crippen LogP contribution in [0.5, 0.6) is 5.75 Å². The molecule has 1 aliphatic rings. The lowest BCUT2D eigenvalue weighted by Gasteiger charge is -2.20. The van der Waals surface area contributed by atoms with Gasteiger partial charge < -0.3 is 16.2 Å². The molecule has 4 N–H and O–H groups in total. The number of aromatic hydroxyl groups is 1. The molecule has 1 atom stereocenters. The van der Waals surface area contributed by atoms with Gasteiger partial charge in [0.05, 0.1) is 33.4 Å². The van der Waals surface area contributed by atoms with Crippen LogP contribution in [0.1, 0.15) is 27.5 Å². The number of carbonyl (C=O) groups excluding carboxylic acids is 1. The minimum absolute atomic E-state index is 0.159. The molecule has 0 radical (unpaired) electrons. The number of fused-ring (bicyclic) bond motifs is 2. The predicted octanol–water partition coefficient (Wildman–Crippen LogP) is 4.63. The Morgan fingerprint density at radius 1 is 1.17 bits per heavy atom. The first-order valence-electron chi connectivity index (χ1n) is 8.79. The molecule has 0 aliphatic carbocycles. The van der Waals surface area contributed by atoms with Crippen LogP contribution in [0.4, 0.5) is 5.69 Å². The molecule has 4 aromatic rings. The van der Waals surface area contributed by atoms with Crippen LogP contribution < -0.4 is 11.1 Å². The molecule has 2 aromatic carbocycles. The third-order valence-electron chi connectivity index (χ3n) is 5.16. The smallest absolute Gasteiger partial charge is 0.251 e. The first-order valence-corrected chi connectivity index (χ1v) is 9.55. The van der Waals surface area contributed by atoms with Crippen molar-refractivity contribution in [2.75, 3.05) is 5.32 Å². The number of phenolic OH excluding ortho intramolecular Hbond substituents is 1. The first kappa shape index (κ1) is 17.8. The number of phenols is 1. The van der Waals surface area contributed by atoms with Crippen LogP contribution in [0.25, 0.3) is 16.6 Å². The van der Waals surface area contributed by atoms with Crippen molar-refractivity contribution in [2.45, 2.75) is 6.04 Å². The Balaban J connectivity index is 1.88. The van der Waals surface area contributed by atoms with Gasteiger partial charge in [0.25, 0.3) is 5.91 Å². The summed E-state index contributed by atoms with van der Waals surface area (Å²) in [6, 6.07) is 12.6. The van der Waals surface area contributed by atoms with Gasteiger partial charge in [0.2, 0.25) is 0 Å². The third kappa shape index (κ3) is 2.64. The van der Waals surface area contributed by atoms with Crippen molar-refractivity contribution >= 4 is 40.3 Å². The summed E-state index contributed by atoms with van der Waals surface area (Å²) in [6.45, 7) is 0. The molecule has 144 valence electrons. The monoisotopic (exact) mass is 424 g/mol. The van der Waals surface area contributed by atoms with Crippen molar-refractivity contribution in [3.05, 3.63) is 81.6 Å². The Kier molecular flexibility index (Phi) is 3.94. The lowest BCUT2D eigenvalue weighted by molar-refractivity contribution is 0.100. The summed E-state index contributed by atoms with van der Waals surface area (Å²) in [5, 5.41) is 18.1. The minimum atomic E-state index is -0.550. The molecule has 2 aromatic heterocycles. The van der Waals surface area contributed by atoms with Gasteiger partial charge in [-0.15, -0.1) is 0 Å². The van der Waals surface area contributed by atoms with Crippen LogP contribution in [-0.2, 0) is 0 Å². The molecule has 0 bridgehead atoms. The van der Waals surface area contributed by atoms with E-state index < -0.39 is 5.91 Å². The zero-order chi connectivity index (χ0) is 20.3. The highest BCUT2D eigenvalue weighted by Gasteiger charge is 2.29. The number of nitrogens with zero attached hydrogens (tertiary/aromatic N) is 2. The average molecular weight is 425 g/mol. The van der Waals surface area contributed by atoms with Crippen molar-refractivity contribution in [3.63, 3.8) is 0 Å². The molecule has 0 spiro atoms. The molecule has 6 nitrogen and oxygen atoms in total. The zero-order valence-electron chi connectivity index (χ0n) is 14.9. The molecule has 0 saturated heterocycles. The third-order valence-corrected chi connectivity index (χ3v) is 5.74. The van der Waals surface area contributed by atoms with E-state index in [0.717, 1.165) is 27.9 Å². The molecule has 5 rings (SSSR count). The highest BCUT2D eigenvalue weighted by Crippen LogP contribution is 2.45. The summed E-state index contributed by atoms with van der Waals surface area (Å²) in [5.74, 6) is -0.711. The summed E-state index contributed by atoms with van der Waals surface area (Å²) in [5.41, 5.74) is 10.8. The Labute approximate surface area is 175 Å². The van der Waals surface area contributed by atoms with Crippen LogP contribution in [0, 0.1) is 0 Å². The van der Waals surface area contributed by atoms with Crippen LogP contribution in [0.15, 0.2) is 54.9 Å². The van der Waals surface area contributed by atoms with E-state index in [4.69, 9.17) is 28.9 Å². The molecule has 8 heteroatoms. The van der Waals surface area contributed by atoms with E-state index in [1.165, 1.54) is 6.20 Å². The Hall–Kier alpha value is -3.22. The second-order valence-electron chi connectivity index (χ2n) is 6.82. The number of para-hydroxylation sites is 1. The molecule has 1 unspecified atom stereocenters. The molecule has 1 aliphatic heterocycles. The first-order chi connectivity index (χ1) is 14.0. The molecular formula is C21H14Cl2N4O2. The van der Waals surface area contributed by atoms with E-state index >= 15 is 0 Å². The van der Waals surface area contributed by atoms with E-state index in [1.807, 2.05) is 36.5 Å². The number of hydrogen-bond acceptors (Lipinski definition) is 4. The number of aromatic nitrogens is 2. The fourth-order valence-corrected chi connectivity index (χ4v) is 4.38. The number of carbonyl (C=O) groups is 1. The van der Waals surface area contributed by atoms with Gasteiger partial charge in [-0.2, -0.15) is 5.10 Å². The number of amides is 1. The van der Waals surface area contributed by atoms with Gasteiger partial charge in [-0.3, -0.25) is 4.79 Å². The van der Waals surface area contributed by atoms with Gasteiger partial charge in [0, 0.05) is 28.6 Å². The maximum Gasteiger partial charge on any atom is 0.251 e. The standard InChI is InChI=1S/C21H14Cl2N4O2/c22-14-7-10(8-15(23)20(14)28)18-12-5-6-27-19(12)17(13(9-25-27)21(24)29)11-3-1-2-4-16(11)26-18/h1-9,18,26,28H,(H2,24,29). The molecule has 29 heavy (non-hydrogen) atoms. The van der Waals surface area contributed by atoms with Crippen LogP contribution in [-0.4, -0.2) is 20.6 Å². The highest BCUT2D eigenvalue weighted by molar-refractivity contribution is 6.37. The topological polar surface area (TPSA) is 92.7 Å². The molecular weight excluding hydrogens is 411 g/mol. The second kappa shape index (κ2) is 6.40. The Bertz CT molecular complexity index is 1290. The lowest BCUT2D eigenvalue weighted by atomic mass is 9.96. The largest absolute Gasteiger partial charge is 0.505 e. The van der Waals surface area contributed by atoms with Crippen molar-refractivity contribution in [3.8, 4) is 16.9 Å². The number of hydrogen-bond donors (Lipinski definition) is 3. The van der Waals surface area contributed by atoms with E-state index in [9.17, 15) is 9.90 Å². The van der Waals surface area contributed by atoms with Gasteiger partial charge in [0.15, 0.2) is 5.75 Å². The van der Waals surface area contributed by atoms with Crippen molar-refractivity contribution in [1.29, 1.82) is 0 Å². The van der Waals surface area contributed by atoms with Crippen LogP contribution in [0.3, 0.4) is 0 Å².